The minimum absolute atomic E-state index is 0.125. The first-order chi connectivity index (χ1) is 8.05. The maximum absolute atomic E-state index is 13.1. The van der Waals surface area contributed by atoms with E-state index in [2.05, 4.69) is 0 Å². The second kappa shape index (κ2) is 4.79. The van der Waals surface area contributed by atoms with Gasteiger partial charge in [0.25, 0.3) is 0 Å². The van der Waals surface area contributed by atoms with Gasteiger partial charge in [0.2, 0.25) is 0 Å². The summed E-state index contributed by atoms with van der Waals surface area (Å²) in [6.07, 6.45) is -6.28. The molecule has 0 N–H and O–H groups in total. The zero-order chi connectivity index (χ0) is 15.9. The van der Waals surface area contributed by atoms with Crippen molar-refractivity contribution in [3.63, 3.8) is 0 Å². The lowest BCUT2D eigenvalue weighted by atomic mass is 9.88. The fourth-order valence-electron chi connectivity index (χ4n) is 0.929. The van der Waals surface area contributed by atoms with Crippen LogP contribution in [0.25, 0.3) is 0 Å². The van der Waals surface area contributed by atoms with E-state index in [9.17, 15) is 35.5 Å². The fraction of sp³-hybridized carbons (Fsp3) is 0.727. The van der Waals surface area contributed by atoms with Crippen LogP contribution < -0.4 is 0 Å². The highest BCUT2D eigenvalue weighted by Crippen LogP contribution is 2.49. The number of rotatable bonds is 3. The SMILES string of the molecule is C/C(=C\C(=O)C(C)(C)C)C(F)(F)C(F)(F)C(F)(F)F. The monoisotopic (exact) mass is 294 g/mol. The molecule has 0 unspecified atom stereocenters. The third kappa shape index (κ3) is 3.48. The highest BCUT2D eigenvalue weighted by molar-refractivity contribution is 5.94. The highest BCUT2D eigenvalue weighted by atomic mass is 19.4. The molecule has 1 nitrogen and oxygen atoms in total. The zero-order valence-corrected chi connectivity index (χ0v) is 10.6. The second-order valence-corrected chi connectivity index (χ2v) is 5.09. The molecule has 19 heavy (non-hydrogen) atoms. The van der Waals surface area contributed by atoms with Crippen molar-refractivity contribution < 1.29 is 35.5 Å². The molecule has 0 saturated heterocycles. The van der Waals surface area contributed by atoms with Gasteiger partial charge >= 0.3 is 18.0 Å². The average Bonchev–Trinajstić information content (AvgIpc) is 2.13. The van der Waals surface area contributed by atoms with Gasteiger partial charge in [-0.2, -0.15) is 30.7 Å². The van der Waals surface area contributed by atoms with E-state index >= 15 is 0 Å². The summed E-state index contributed by atoms with van der Waals surface area (Å²) in [7, 11) is 0. The molecule has 0 aliphatic heterocycles. The molecule has 0 aromatic rings. The first-order valence-electron chi connectivity index (χ1n) is 5.10. The Bertz CT molecular complexity index is 385. The zero-order valence-electron chi connectivity index (χ0n) is 10.6. The van der Waals surface area contributed by atoms with Gasteiger partial charge in [-0.15, -0.1) is 0 Å². The van der Waals surface area contributed by atoms with Gasteiger partial charge in [-0.25, -0.2) is 0 Å². The van der Waals surface area contributed by atoms with Crippen LogP contribution in [0.4, 0.5) is 30.7 Å². The lowest BCUT2D eigenvalue weighted by molar-refractivity contribution is -0.344. The van der Waals surface area contributed by atoms with Crippen LogP contribution in [0.1, 0.15) is 27.7 Å². The van der Waals surface area contributed by atoms with Crippen molar-refractivity contribution in [1.82, 2.24) is 0 Å². The average molecular weight is 294 g/mol. The number of alkyl halides is 7. The standard InChI is InChI=1S/C11H13F7O/c1-6(5-7(19)8(2,3)4)9(12,13)10(14,15)11(16,17)18/h5H,1-4H3/b6-5+. The van der Waals surface area contributed by atoms with Gasteiger partial charge in [0, 0.05) is 11.0 Å². The van der Waals surface area contributed by atoms with Crippen molar-refractivity contribution in [2.45, 2.75) is 45.7 Å². The van der Waals surface area contributed by atoms with Crippen LogP contribution in [0.15, 0.2) is 11.6 Å². The van der Waals surface area contributed by atoms with Gasteiger partial charge in [0.1, 0.15) is 0 Å². The maximum Gasteiger partial charge on any atom is 0.460 e. The Morgan fingerprint density at radius 3 is 1.53 bits per heavy atom. The predicted octanol–water partition coefficient (Wildman–Crippen LogP) is 4.38. The Labute approximate surface area is 105 Å². The predicted molar refractivity (Wildman–Crippen MR) is 54.2 cm³/mol. The Morgan fingerprint density at radius 1 is 0.895 bits per heavy atom. The second-order valence-electron chi connectivity index (χ2n) is 5.09. The van der Waals surface area contributed by atoms with Crippen molar-refractivity contribution in [2.75, 3.05) is 0 Å². The van der Waals surface area contributed by atoms with Crippen molar-refractivity contribution in [2.24, 2.45) is 5.41 Å². The van der Waals surface area contributed by atoms with E-state index < -0.39 is 34.8 Å². The number of ketones is 1. The van der Waals surface area contributed by atoms with Gasteiger partial charge < -0.3 is 0 Å². The maximum atomic E-state index is 13.1. The fourth-order valence-corrected chi connectivity index (χ4v) is 0.929. The lowest BCUT2D eigenvalue weighted by Gasteiger charge is -2.29. The molecule has 0 saturated carbocycles. The molecule has 0 atom stereocenters. The summed E-state index contributed by atoms with van der Waals surface area (Å²) in [5.41, 5.74) is -2.79. The molecule has 0 spiro atoms. The number of carbonyl (C=O) groups excluding carboxylic acids is 1. The van der Waals surface area contributed by atoms with Gasteiger partial charge in [-0.05, 0) is 13.0 Å². The molecule has 112 valence electrons. The van der Waals surface area contributed by atoms with E-state index in [0.29, 0.717) is 6.92 Å². The summed E-state index contributed by atoms with van der Waals surface area (Å²) >= 11 is 0. The van der Waals surface area contributed by atoms with Gasteiger partial charge in [-0.3, -0.25) is 4.79 Å². The molecule has 0 bridgehead atoms. The molecule has 0 aliphatic carbocycles. The number of carbonyl (C=O) groups is 1. The Hall–Kier alpha value is -1.08. The van der Waals surface area contributed by atoms with Crippen LogP contribution in [0.3, 0.4) is 0 Å². The molecule has 0 aliphatic rings. The first-order valence-corrected chi connectivity index (χ1v) is 5.10. The van der Waals surface area contributed by atoms with Crippen LogP contribution in [-0.4, -0.2) is 23.8 Å². The van der Waals surface area contributed by atoms with Gasteiger partial charge in [-0.1, -0.05) is 20.8 Å². The van der Waals surface area contributed by atoms with Crippen LogP contribution >= 0.6 is 0 Å². The quantitative estimate of drug-likeness (QED) is 0.557. The van der Waals surface area contributed by atoms with E-state index in [1.165, 1.54) is 20.8 Å². The minimum Gasteiger partial charge on any atom is -0.294 e. The van der Waals surface area contributed by atoms with Crippen molar-refractivity contribution in [1.29, 1.82) is 0 Å². The van der Waals surface area contributed by atoms with E-state index in [4.69, 9.17) is 0 Å². The van der Waals surface area contributed by atoms with Crippen LogP contribution in [0.5, 0.6) is 0 Å². The van der Waals surface area contributed by atoms with E-state index in [1.807, 2.05) is 0 Å². The van der Waals surface area contributed by atoms with Crippen molar-refractivity contribution in [3.8, 4) is 0 Å². The molecule has 0 radical (unpaired) electrons. The smallest absolute Gasteiger partial charge is 0.294 e. The minimum atomic E-state index is -6.41. The van der Waals surface area contributed by atoms with Crippen LogP contribution in [-0.2, 0) is 4.79 Å². The molecular formula is C11H13F7O. The van der Waals surface area contributed by atoms with Crippen molar-refractivity contribution >= 4 is 5.78 Å². The largest absolute Gasteiger partial charge is 0.460 e. The summed E-state index contributed by atoms with van der Waals surface area (Å²) < 4.78 is 87.4. The van der Waals surface area contributed by atoms with E-state index in [1.54, 1.807) is 0 Å². The summed E-state index contributed by atoms with van der Waals surface area (Å²) in [6, 6.07) is 0. The molecule has 0 aromatic heterocycles. The summed E-state index contributed by atoms with van der Waals surface area (Å²) in [5.74, 6) is -12.7. The van der Waals surface area contributed by atoms with E-state index in [-0.39, 0.29) is 6.08 Å². The summed E-state index contributed by atoms with van der Waals surface area (Å²) in [5, 5.41) is 0. The molecule has 8 heteroatoms. The Balaban J connectivity index is 5.57. The molecule has 0 heterocycles. The van der Waals surface area contributed by atoms with Gasteiger partial charge in [0.15, 0.2) is 5.78 Å². The van der Waals surface area contributed by atoms with E-state index in [0.717, 1.165) is 0 Å². The van der Waals surface area contributed by atoms with Crippen LogP contribution in [0.2, 0.25) is 0 Å². The Kier molecular flexibility index (Phi) is 4.52. The molecule has 0 amide bonds. The number of hydrogen-bond acceptors (Lipinski definition) is 1. The van der Waals surface area contributed by atoms with Crippen LogP contribution in [0, 0.1) is 5.41 Å². The first kappa shape index (κ1) is 17.9. The normalized spacial score (nSPS) is 15.6. The topological polar surface area (TPSA) is 17.1 Å². The lowest BCUT2D eigenvalue weighted by Crippen LogP contribution is -2.52. The third-order valence-corrected chi connectivity index (χ3v) is 2.33. The number of hydrogen-bond donors (Lipinski definition) is 0. The molecule has 0 fully saturated rings. The molecular weight excluding hydrogens is 281 g/mol. The summed E-state index contributed by atoms with van der Waals surface area (Å²) in [4.78, 5) is 11.4. The molecule has 0 rings (SSSR count). The molecule has 0 aromatic carbocycles. The Morgan fingerprint density at radius 2 is 1.26 bits per heavy atom. The number of allylic oxidation sites excluding steroid dienone is 2. The highest BCUT2D eigenvalue weighted by Gasteiger charge is 2.73. The summed E-state index contributed by atoms with van der Waals surface area (Å²) in [6.45, 7) is 4.32. The van der Waals surface area contributed by atoms with Crippen molar-refractivity contribution in [3.05, 3.63) is 11.6 Å². The number of halogens is 7. The van der Waals surface area contributed by atoms with Gasteiger partial charge in [0.05, 0.1) is 0 Å². The third-order valence-electron chi connectivity index (χ3n) is 2.33.